The summed E-state index contributed by atoms with van der Waals surface area (Å²) >= 11 is 0. The summed E-state index contributed by atoms with van der Waals surface area (Å²) in [6.07, 6.45) is 1.55. The molecule has 0 aliphatic carbocycles. The summed E-state index contributed by atoms with van der Waals surface area (Å²) in [6, 6.07) is 8.55. The summed E-state index contributed by atoms with van der Waals surface area (Å²) < 4.78 is 12.2. The van der Waals surface area contributed by atoms with E-state index in [1.165, 1.54) is 10.6 Å². The summed E-state index contributed by atoms with van der Waals surface area (Å²) in [5.41, 5.74) is 0.115. The highest BCUT2D eigenvalue weighted by atomic mass is 16.5. The number of hydrogen-bond donors (Lipinski definition) is 0. The van der Waals surface area contributed by atoms with Crippen molar-refractivity contribution in [1.82, 2.24) is 4.57 Å². The summed E-state index contributed by atoms with van der Waals surface area (Å²) in [6.45, 7) is 0. The predicted molar refractivity (Wildman–Crippen MR) is 70.1 cm³/mol. The Kier molecular flexibility index (Phi) is 3.41. The molecule has 1 aromatic carbocycles. The molecule has 0 bridgehead atoms. The molecule has 0 unspecified atom stereocenters. The molecule has 0 N–H and O–H groups in total. The minimum Gasteiger partial charge on any atom is -0.493 e. The quantitative estimate of drug-likeness (QED) is 0.752. The molecule has 0 aliphatic heterocycles. The number of methoxy groups -OCH3 is 1. The van der Waals surface area contributed by atoms with Gasteiger partial charge in [0, 0.05) is 19.3 Å². The molecule has 18 heavy (non-hydrogen) atoms. The molecule has 0 saturated heterocycles. The number of pyridine rings is 1. The molecule has 4 nitrogen and oxygen atoms in total. The van der Waals surface area contributed by atoms with E-state index in [0.717, 1.165) is 0 Å². The maximum absolute atomic E-state index is 11.4. The van der Waals surface area contributed by atoms with Crippen molar-refractivity contribution in [3.05, 3.63) is 46.9 Å². The van der Waals surface area contributed by atoms with Crippen LogP contribution in [0.5, 0.6) is 17.2 Å². The molecule has 2 rings (SSSR count). The van der Waals surface area contributed by atoms with Gasteiger partial charge in [-0.15, -0.1) is 0 Å². The second-order valence-electron chi connectivity index (χ2n) is 3.80. The van der Waals surface area contributed by atoms with Gasteiger partial charge in [-0.2, -0.15) is 0 Å². The van der Waals surface area contributed by atoms with E-state index in [1.807, 2.05) is 12.1 Å². The molecule has 1 heterocycles. The first-order valence-corrected chi connectivity index (χ1v) is 5.39. The lowest BCUT2D eigenvalue weighted by Crippen LogP contribution is -2.22. The van der Waals surface area contributed by atoms with Crippen LogP contribution in [0, 0.1) is 0 Å². The van der Waals surface area contributed by atoms with Gasteiger partial charge in [-0.25, -0.2) is 0 Å². The van der Waals surface area contributed by atoms with Gasteiger partial charge in [-0.05, 0) is 17.6 Å². The normalized spacial score (nSPS) is 10.1. The molecule has 5 heteroatoms. The Hall–Kier alpha value is -2.17. The van der Waals surface area contributed by atoms with Crippen molar-refractivity contribution in [2.45, 2.75) is 0 Å². The highest BCUT2D eigenvalue weighted by molar-refractivity contribution is 6.34. The Morgan fingerprint density at radius 3 is 2.50 bits per heavy atom. The number of hydrogen-bond acceptors (Lipinski definition) is 3. The van der Waals surface area contributed by atoms with E-state index in [2.05, 4.69) is 0 Å². The van der Waals surface area contributed by atoms with Crippen LogP contribution in [0.25, 0.3) is 0 Å². The monoisotopic (exact) mass is 241 g/mol. The SMILES string of the molecule is [B]c1cc(=O)n(C)cc1Oc1ccccc1OC. The maximum atomic E-state index is 11.4. The Balaban J connectivity index is 2.40. The fourth-order valence-corrected chi connectivity index (χ4v) is 1.53. The Bertz CT molecular complexity index is 622. The topological polar surface area (TPSA) is 40.5 Å². The van der Waals surface area contributed by atoms with Crippen LogP contribution in [0.15, 0.2) is 41.3 Å². The van der Waals surface area contributed by atoms with E-state index in [9.17, 15) is 4.79 Å². The van der Waals surface area contributed by atoms with Crippen LogP contribution in [-0.4, -0.2) is 19.5 Å². The first kappa shape index (κ1) is 12.3. The molecule has 0 saturated carbocycles. The number of benzene rings is 1. The van der Waals surface area contributed by atoms with Gasteiger partial charge in [0.2, 0.25) is 5.56 Å². The molecular formula is C13H12BNO3. The van der Waals surface area contributed by atoms with Crippen molar-refractivity contribution in [3.63, 3.8) is 0 Å². The fourth-order valence-electron chi connectivity index (χ4n) is 1.53. The van der Waals surface area contributed by atoms with Gasteiger partial charge in [0.05, 0.1) is 7.11 Å². The van der Waals surface area contributed by atoms with Crippen LogP contribution in [0.3, 0.4) is 0 Å². The fraction of sp³-hybridized carbons (Fsp3) is 0.154. The minimum atomic E-state index is -0.181. The van der Waals surface area contributed by atoms with Crippen molar-refractivity contribution in [2.75, 3.05) is 7.11 Å². The average Bonchev–Trinajstić information content (AvgIpc) is 2.36. The van der Waals surface area contributed by atoms with E-state index in [0.29, 0.717) is 22.7 Å². The van der Waals surface area contributed by atoms with Gasteiger partial charge in [-0.1, -0.05) is 12.1 Å². The summed E-state index contributed by atoms with van der Waals surface area (Å²) in [7, 11) is 8.95. The second-order valence-corrected chi connectivity index (χ2v) is 3.80. The zero-order valence-corrected chi connectivity index (χ0v) is 10.2. The lowest BCUT2D eigenvalue weighted by atomic mass is 9.96. The molecule has 0 fully saturated rings. The van der Waals surface area contributed by atoms with E-state index in [1.54, 1.807) is 32.5 Å². The maximum Gasteiger partial charge on any atom is 0.249 e. The third-order valence-electron chi connectivity index (χ3n) is 2.51. The van der Waals surface area contributed by atoms with Gasteiger partial charge >= 0.3 is 0 Å². The molecule has 1 aromatic heterocycles. The lowest BCUT2D eigenvalue weighted by Gasteiger charge is -2.12. The van der Waals surface area contributed by atoms with Crippen LogP contribution in [0.2, 0.25) is 0 Å². The van der Waals surface area contributed by atoms with Gasteiger partial charge in [0.25, 0.3) is 0 Å². The zero-order valence-electron chi connectivity index (χ0n) is 10.2. The van der Waals surface area contributed by atoms with Crippen LogP contribution >= 0.6 is 0 Å². The van der Waals surface area contributed by atoms with Crippen LogP contribution in [-0.2, 0) is 7.05 Å². The molecular weight excluding hydrogens is 229 g/mol. The number of aryl methyl sites for hydroxylation is 1. The zero-order chi connectivity index (χ0) is 13.1. The van der Waals surface area contributed by atoms with Crippen LogP contribution in [0.1, 0.15) is 0 Å². The van der Waals surface area contributed by atoms with Gasteiger partial charge < -0.3 is 14.0 Å². The third kappa shape index (κ3) is 2.40. The summed E-state index contributed by atoms with van der Waals surface area (Å²) in [5.74, 6) is 1.57. The van der Waals surface area contributed by atoms with Gasteiger partial charge in [-0.3, -0.25) is 4.79 Å². The number of rotatable bonds is 3. The summed E-state index contributed by atoms with van der Waals surface area (Å²) in [4.78, 5) is 11.4. The average molecular weight is 241 g/mol. The van der Waals surface area contributed by atoms with Crippen molar-refractivity contribution < 1.29 is 9.47 Å². The number of ether oxygens (including phenoxy) is 2. The van der Waals surface area contributed by atoms with Crippen molar-refractivity contribution in [2.24, 2.45) is 7.05 Å². The number of aromatic nitrogens is 1. The number of nitrogens with zero attached hydrogens (tertiary/aromatic N) is 1. The standard InChI is InChI=1S/C13H12BNO3/c1-15-8-12(9(14)7-13(15)16)18-11-6-4-3-5-10(11)17-2/h3-8H,1-2H3. The Morgan fingerprint density at radius 1 is 1.17 bits per heavy atom. The lowest BCUT2D eigenvalue weighted by molar-refractivity contribution is 0.378. The van der Waals surface area contributed by atoms with Crippen molar-refractivity contribution in [1.29, 1.82) is 0 Å². The number of para-hydroxylation sites is 2. The van der Waals surface area contributed by atoms with E-state index >= 15 is 0 Å². The highest BCUT2D eigenvalue weighted by Gasteiger charge is 2.07. The van der Waals surface area contributed by atoms with E-state index in [4.69, 9.17) is 17.3 Å². The first-order chi connectivity index (χ1) is 8.61. The van der Waals surface area contributed by atoms with Gasteiger partial charge in [0.1, 0.15) is 13.6 Å². The Morgan fingerprint density at radius 2 is 1.83 bits per heavy atom. The van der Waals surface area contributed by atoms with Crippen molar-refractivity contribution in [3.8, 4) is 17.2 Å². The molecule has 0 aliphatic rings. The molecule has 90 valence electrons. The van der Waals surface area contributed by atoms with E-state index in [-0.39, 0.29) is 5.56 Å². The second kappa shape index (κ2) is 5.00. The van der Waals surface area contributed by atoms with Crippen molar-refractivity contribution >= 4 is 13.3 Å². The highest BCUT2D eigenvalue weighted by Crippen LogP contribution is 2.29. The first-order valence-electron chi connectivity index (χ1n) is 5.39. The smallest absolute Gasteiger partial charge is 0.249 e. The van der Waals surface area contributed by atoms with E-state index < -0.39 is 0 Å². The third-order valence-corrected chi connectivity index (χ3v) is 2.51. The van der Waals surface area contributed by atoms with Crippen LogP contribution in [0.4, 0.5) is 0 Å². The molecule has 0 spiro atoms. The molecule has 2 radical (unpaired) electrons. The minimum absolute atomic E-state index is 0.181. The van der Waals surface area contributed by atoms with Crippen LogP contribution < -0.4 is 20.5 Å². The molecule has 0 amide bonds. The molecule has 2 aromatic rings. The molecule has 0 atom stereocenters. The predicted octanol–water partition coefficient (Wildman–Crippen LogP) is 0.980. The Labute approximate surface area is 106 Å². The summed E-state index contributed by atoms with van der Waals surface area (Å²) in [5, 5.41) is 0. The largest absolute Gasteiger partial charge is 0.493 e. The van der Waals surface area contributed by atoms with Gasteiger partial charge in [0.15, 0.2) is 11.5 Å².